The molecule has 1 heteroatoms. The molecule has 9 aromatic carbocycles. The molecule has 0 saturated heterocycles. The van der Waals surface area contributed by atoms with Crippen molar-refractivity contribution in [3.63, 3.8) is 0 Å². The average molecular weight is 640 g/mol. The summed E-state index contributed by atoms with van der Waals surface area (Å²) >= 11 is 0. The molecule has 1 nitrogen and oxygen atoms in total. The number of hydrogen-bond acceptors (Lipinski definition) is 1. The van der Waals surface area contributed by atoms with Gasteiger partial charge in [-0.15, -0.1) is 0 Å². The first kappa shape index (κ1) is 15.6. The fraction of sp³-hybridized carbons (Fsp3) is 0. The lowest BCUT2D eigenvalue weighted by molar-refractivity contribution is 0.669. The van der Waals surface area contributed by atoms with E-state index >= 15 is 0 Å². The number of benzene rings is 9. The van der Waals surface area contributed by atoms with Crippen LogP contribution in [0.5, 0.6) is 0 Å². The first-order valence-corrected chi connectivity index (χ1v) is 15.5. The highest BCUT2D eigenvalue weighted by Crippen LogP contribution is 2.47. The van der Waals surface area contributed by atoms with E-state index in [-0.39, 0.29) is 67.7 Å². The Morgan fingerprint density at radius 2 is 0.980 bits per heavy atom. The zero-order chi connectivity index (χ0) is 47.1. The minimum absolute atomic E-state index is 0.0573. The Morgan fingerprint density at radius 1 is 0.367 bits per heavy atom. The molecule has 10 rings (SSSR count). The standard InChI is InChI=1S/C48H30O/c1-2-12-31(13-3-1)36-26-27-44-43(30-36)48-42(22-11-23-45(48)49-44)47-40-20-8-6-18-38(40)46(39-19-7-9-21-41(39)47)37-17-10-16-34(29-37)35-25-24-32-14-4-5-15-33(32)28-35/h1-30H/i4D,5D,10D,11D,14D,15D,16D,17D,22D,23D,24D,25D,26D,27D,28D,29D,30D. The van der Waals surface area contributed by atoms with Crippen LogP contribution in [0.1, 0.15) is 23.3 Å². The van der Waals surface area contributed by atoms with Gasteiger partial charge in [0.15, 0.2) is 0 Å². The number of rotatable bonds is 4. The van der Waals surface area contributed by atoms with E-state index in [1.54, 1.807) is 78.9 Å². The monoisotopic (exact) mass is 639 g/mol. The van der Waals surface area contributed by atoms with Crippen LogP contribution in [-0.2, 0) is 0 Å². The zero-order valence-electron chi connectivity index (χ0n) is 42.4. The highest BCUT2D eigenvalue weighted by atomic mass is 16.3. The van der Waals surface area contributed by atoms with Gasteiger partial charge >= 0.3 is 0 Å². The van der Waals surface area contributed by atoms with E-state index in [0.29, 0.717) is 32.7 Å². The summed E-state index contributed by atoms with van der Waals surface area (Å²) in [5.41, 5.74) is -0.262. The predicted octanol–water partition coefficient (Wildman–Crippen LogP) is 13.7. The molecule has 10 aromatic rings. The second-order valence-corrected chi connectivity index (χ2v) is 11.5. The molecule has 1 aromatic heterocycles. The normalized spacial score (nSPS) is 16.5. The summed E-state index contributed by atoms with van der Waals surface area (Å²) in [6.07, 6.45) is 0. The quantitative estimate of drug-likeness (QED) is 0.175. The first-order valence-electron chi connectivity index (χ1n) is 24.0. The molecule has 0 amide bonds. The second-order valence-electron chi connectivity index (χ2n) is 11.5. The van der Waals surface area contributed by atoms with Crippen molar-refractivity contribution in [3.05, 3.63) is 182 Å². The summed E-state index contributed by atoms with van der Waals surface area (Å²) < 4.78 is 159. The van der Waals surface area contributed by atoms with Gasteiger partial charge in [-0.3, -0.25) is 0 Å². The molecule has 0 bridgehead atoms. The third kappa shape index (κ3) is 4.47. The summed E-state index contributed by atoms with van der Waals surface area (Å²) in [6.45, 7) is 0. The summed E-state index contributed by atoms with van der Waals surface area (Å²) in [4.78, 5) is 0. The number of fused-ring (bicyclic) bond motifs is 6. The Bertz CT molecular complexity index is 3790. The van der Waals surface area contributed by atoms with Gasteiger partial charge < -0.3 is 4.42 Å². The molecule has 0 unspecified atom stereocenters. The maximum atomic E-state index is 9.78. The van der Waals surface area contributed by atoms with Crippen molar-refractivity contribution < 1.29 is 27.7 Å². The Morgan fingerprint density at radius 3 is 1.76 bits per heavy atom. The van der Waals surface area contributed by atoms with E-state index in [1.165, 1.54) is 0 Å². The fourth-order valence-corrected chi connectivity index (χ4v) is 6.56. The molecule has 0 aliphatic carbocycles. The number of hydrogen-bond donors (Lipinski definition) is 0. The molecule has 0 N–H and O–H groups in total. The maximum absolute atomic E-state index is 9.78. The molecule has 0 saturated carbocycles. The van der Waals surface area contributed by atoms with Crippen molar-refractivity contribution in [3.8, 4) is 44.5 Å². The van der Waals surface area contributed by atoms with Gasteiger partial charge in [-0.05, 0) is 107 Å². The van der Waals surface area contributed by atoms with Crippen LogP contribution < -0.4 is 0 Å². The van der Waals surface area contributed by atoms with Gasteiger partial charge in [0.1, 0.15) is 11.2 Å². The third-order valence-corrected chi connectivity index (χ3v) is 8.69. The Labute approximate surface area is 308 Å². The van der Waals surface area contributed by atoms with Crippen LogP contribution in [0.2, 0.25) is 0 Å². The molecule has 0 fully saturated rings. The van der Waals surface area contributed by atoms with Crippen molar-refractivity contribution in [2.24, 2.45) is 0 Å². The van der Waals surface area contributed by atoms with Gasteiger partial charge in [-0.1, -0.05) is 151 Å². The van der Waals surface area contributed by atoms with Gasteiger partial charge in [-0.2, -0.15) is 0 Å². The van der Waals surface area contributed by atoms with Gasteiger partial charge in [0.25, 0.3) is 0 Å². The smallest absolute Gasteiger partial charge is 0.136 e. The van der Waals surface area contributed by atoms with E-state index in [2.05, 4.69) is 0 Å². The van der Waals surface area contributed by atoms with Crippen LogP contribution in [0.15, 0.2) is 186 Å². The van der Waals surface area contributed by atoms with Crippen molar-refractivity contribution in [2.75, 3.05) is 0 Å². The summed E-state index contributed by atoms with van der Waals surface area (Å²) in [5, 5.41) is 0.863. The van der Waals surface area contributed by atoms with E-state index < -0.39 is 101 Å². The van der Waals surface area contributed by atoms with Crippen molar-refractivity contribution in [1.82, 2.24) is 0 Å². The summed E-state index contributed by atoms with van der Waals surface area (Å²) in [5.74, 6) is 0. The number of furan rings is 1. The highest BCUT2D eigenvalue weighted by molar-refractivity contribution is 6.25. The minimum Gasteiger partial charge on any atom is -0.456 e. The van der Waals surface area contributed by atoms with Crippen molar-refractivity contribution in [2.45, 2.75) is 0 Å². The SMILES string of the molecule is [2H]c1c([2H])c(-c2c([2H])c([2H])c3c([2H])c([2H])c([2H])c([2H])c3c2[2H])c([2H])c(-c2c3ccccc3c(-c3c([2H])c([2H])c([2H])c4oc5c([2H])c([2H])c(-c6ccccc6)c([2H])c5c34)c3ccccc23)c1[2H]. The first-order chi connectivity index (χ1) is 31.4. The van der Waals surface area contributed by atoms with Crippen molar-refractivity contribution in [1.29, 1.82) is 0 Å². The third-order valence-electron chi connectivity index (χ3n) is 8.69. The van der Waals surface area contributed by atoms with Gasteiger partial charge in [0, 0.05) is 10.8 Å². The second kappa shape index (κ2) is 11.1. The van der Waals surface area contributed by atoms with Gasteiger partial charge in [0.2, 0.25) is 0 Å². The van der Waals surface area contributed by atoms with Crippen LogP contribution >= 0.6 is 0 Å². The molecule has 0 spiro atoms. The van der Waals surface area contributed by atoms with Gasteiger partial charge in [-0.25, -0.2) is 0 Å². The Kier molecular flexibility index (Phi) is 3.54. The lowest BCUT2D eigenvalue weighted by Crippen LogP contribution is -1.91. The highest BCUT2D eigenvalue weighted by Gasteiger charge is 2.20. The molecule has 0 aliphatic rings. The Balaban J connectivity index is 1.37. The average Bonchev–Trinajstić information content (AvgIpc) is 3.72. The lowest BCUT2D eigenvalue weighted by Gasteiger charge is -2.18. The van der Waals surface area contributed by atoms with E-state index in [0.717, 1.165) is 0 Å². The lowest BCUT2D eigenvalue weighted by atomic mass is 9.84. The van der Waals surface area contributed by atoms with Gasteiger partial charge in [0.05, 0.1) is 23.3 Å². The summed E-state index contributed by atoms with van der Waals surface area (Å²) in [6, 6.07) is 12.8. The van der Waals surface area contributed by atoms with E-state index in [9.17, 15) is 6.85 Å². The molecular formula is C48H30O. The summed E-state index contributed by atoms with van der Waals surface area (Å²) in [7, 11) is 0. The minimum atomic E-state index is -0.714. The van der Waals surface area contributed by atoms with E-state index in [4.69, 9.17) is 20.9 Å². The van der Waals surface area contributed by atoms with Crippen LogP contribution in [-0.4, -0.2) is 0 Å². The van der Waals surface area contributed by atoms with E-state index in [1.807, 2.05) is 0 Å². The van der Waals surface area contributed by atoms with Crippen LogP contribution in [0.4, 0.5) is 0 Å². The molecule has 0 atom stereocenters. The Hall–Kier alpha value is -6.44. The molecular weight excluding hydrogens is 593 g/mol. The molecule has 0 aliphatic heterocycles. The molecule has 0 radical (unpaired) electrons. The van der Waals surface area contributed by atoms with Crippen molar-refractivity contribution >= 4 is 54.3 Å². The molecule has 1 heterocycles. The largest absolute Gasteiger partial charge is 0.456 e. The van der Waals surface area contributed by atoms with Crippen LogP contribution in [0, 0.1) is 0 Å². The molecule has 49 heavy (non-hydrogen) atoms. The fourth-order valence-electron chi connectivity index (χ4n) is 6.56. The maximum Gasteiger partial charge on any atom is 0.136 e. The van der Waals surface area contributed by atoms with Crippen LogP contribution in [0.3, 0.4) is 0 Å². The van der Waals surface area contributed by atoms with Crippen LogP contribution in [0.25, 0.3) is 98.8 Å². The predicted molar refractivity (Wildman–Crippen MR) is 208 cm³/mol. The molecule has 228 valence electrons. The zero-order valence-corrected chi connectivity index (χ0v) is 25.4. The topological polar surface area (TPSA) is 13.1 Å².